The van der Waals surface area contributed by atoms with Gasteiger partial charge in [-0.15, -0.1) is 0 Å². The average Bonchev–Trinajstić information content (AvgIpc) is 3.15. The Kier molecular flexibility index (Phi) is 5.02. The molecule has 0 radical (unpaired) electrons. The number of carbonyl (C=O) groups excluding carboxylic acids is 2. The maximum Gasteiger partial charge on any atom is 0.338 e. The molecule has 0 aliphatic carbocycles. The summed E-state index contributed by atoms with van der Waals surface area (Å²) in [6.07, 6.45) is 0. The molecule has 0 saturated carbocycles. The van der Waals surface area contributed by atoms with Crippen LogP contribution in [0, 0.1) is 13.8 Å². The first-order valence-electron chi connectivity index (χ1n) is 9.31. The number of ether oxygens (including phenoxy) is 1. The third kappa shape index (κ3) is 3.41. The van der Waals surface area contributed by atoms with Gasteiger partial charge in [-0.3, -0.25) is 4.79 Å². The molecular formula is C23H19N3O4. The Balaban J connectivity index is 1.79. The number of amides is 1. The summed E-state index contributed by atoms with van der Waals surface area (Å²) >= 11 is 0. The van der Waals surface area contributed by atoms with Crippen molar-refractivity contribution in [1.29, 1.82) is 0 Å². The Hall–Kier alpha value is -4.00. The molecule has 0 fully saturated rings. The molecule has 0 aliphatic heterocycles. The van der Waals surface area contributed by atoms with Crippen LogP contribution in [-0.2, 0) is 4.74 Å². The van der Waals surface area contributed by atoms with Crippen molar-refractivity contribution in [1.82, 2.24) is 10.1 Å². The molecule has 0 unspecified atom stereocenters. The minimum atomic E-state index is -0.462. The van der Waals surface area contributed by atoms with E-state index >= 15 is 0 Å². The molecule has 0 spiro atoms. The van der Waals surface area contributed by atoms with E-state index < -0.39 is 5.97 Å². The van der Waals surface area contributed by atoms with E-state index in [2.05, 4.69) is 15.5 Å². The highest BCUT2D eigenvalue weighted by Gasteiger charge is 2.21. The number of rotatable bonds is 4. The van der Waals surface area contributed by atoms with Gasteiger partial charge in [0.05, 0.1) is 35.0 Å². The first kappa shape index (κ1) is 19.3. The lowest BCUT2D eigenvalue weighted by Crippen LogP contribution is -2.15. The SMILES string of the molecule is COC(=O)c1cccc(NC(=O)c2cc(-c3ccccc3)nc3onc(C)c23)c1C. The van der Waals surface area contributed by atoms with Gasteiger partial charge in [-0.05, 0) is 37.6 Å². The van der Waals surface area contributed by atoms with Gasteiger partial charge < -0.3 is 14.6 Å². The van der Waals surface area contributed by atoms with Crippen LogP contribution in [0.4, 0.5) is 5.69 Å². The van der Waals surface area contributed by atoms with Crippen LogP contribution in [0.25, 0.3) is 22.4 Å². The van der Waals surface area contributed by atoms with E-state index in [-0.39, 0.29) is 5.91 Å². The number of nitrogens with one attached hydrogen (secondary N) is 1. The Labute approximate surface area is 172 Å². The smallest absolute Gasteiger partial charge is 0.338 e. The third-order valence-electron chi connectivity index (χ3n) is 4.92. The highest BCUT2D eigenvalue weighted by Crippen LogP contribution is 2.28. The molecule has 2 aromatic heterocycles. The molecule has 0 aliphatic rings. The standard InChI is InChI=1S/C23H19N3O4/c1-13-16(23(28)29-3)10-7-11-18(13)24-21(27)17-12-19(15-8-5-4-6-9-15)25-22-20(17)14(2)26-30-22/h4-12H,1-3H3,(H,24,27). The number of nitrogens with zero attached hydrogens (tertiary/aromatic N) is 2. The Morgan fingerprint density at radius 2 is 1.77 bits per heavy atom. The maximum absolute atomic E-state index is 13.2. The van der Waals surface area contributed by atoms with Gasteiger partial charge >= 0.3 is 5.97 Å². The molecule has 2 aromatic carbocycles. The van der Waals surface area contributed by atoms with Gasteiger partial charge in [0.15, 0.2) is 0 Å². The lowest BCUT2D eigenvalue weighted by molar-refractivity contribution is 0.0599. The Morgan fingerprint density at radius 1 is 1.00 bits per heavy atom. The zero-order valence-electron chi connectivity index (χ0n) is 16.7. The molecule has 4 aromatic rings. The summed E-state index contributed by atoms with van der Waals surface area (Å²) in [6.45, 7) is 3.51. The fourth-order valence-corrected chi connectivity index (χ4v) is 3.32. The summed E-state index contributed by atoms with van der Waals surface area (Å²) in [6, 6.07) is 16.3. The second-order valence-electron chi connectivity index (χ2n) is 6.79. The number of hydrogen-bond acceptors (Lipinski definition) is 6. The van der Waals surface area contributed by atoms with Crippen molar-refractivity contribution in [2.75, 3.05) is 12.4 Å². The number of anilines is 1. The van der Waals surface area contributed by atoms with E-state index in [0.717, 1.165) is 5.56 Å². The van der Waals surface area contributed by atoms with Crippen LogP contribution in [0.2, 0.25) is 0 Å². The number of pyridine rings is 1. The normalized spacial score (nSPS) is 10.8. The first-order chi connectivity index (χ1) is 14.5. The fourth-order valence-electron chi connectivity index (χ4n) is 3.32. The number of aryl methyl sites for hydroxylation is 1. The van der Waals surface area contributed by atoms with Crippen LogP contribution in [0.1, 0.15) is 32.0 Å². The van der Waals surface area contributed by atoms with Crippen molar-refractivity contribution >= 4 is 28.7 Å². The van der Waals surface area contributed by atoms with E-state index in [4.69, 9.17) is 9.26 Å². The second-order valence-corrected chi connectivity index (χ2v) is 6.79. The Bertz CT molecular complexity index is 1260. The molecule has 4 rings (SSSR count). The van der Waals surface area contributed by atoms with E-state index in [9.17, 15) is 9.59 Å². The highest BCUT2D eigenvalue weighted by atomic mass is 16.5. The van der Waals surface area contributed by atoms with E-state index in [1.165, 1.54) is 7.11 Å². The number of carbonyl (C=O) groups is 2. The summed E-state index contributed by atoms with van der Waals surface area (Å²) in [5.41, 5.74) is 4.23. The Morgan fingerprint density at radius 3 is 2.50 bits per heavy atom. The maximum atomic E-state index is 13.2. The van der Waals surface area contributed by atoms with Gasteiger partial charge in [-0.25, -0.2) is 9.78 Å². The molecule has 30 heavy (non-hydrogen) atoms. The minimum Gasteiger partial charge on any atom is -0.465 e. The number of aromatic nitrogens is 2. The van der Waals surface area contributed by atoms with Gasteiger partial charge in [0, 0.05) is 11.3 Å². The van der Waals surface area contributed by atoms with Crippen molar-refractivity contribution in [3.8, 4) is 11.3 Å². The first-order valence-corrected chi connectivity index (χ1v) is 9.31. The van der Waals surface area contributed by atoms with Gasteiger partial charge in [0.1, 0.15) is 0 Å². The lowest BCUT2D eigenvalue weighted by Gasteiger charge is -2.12. The molecule has 1 amide bonds. The molecule has 7 heteroatoms. The third-order valence-corrected chi connectivity index (χ3v) is 4.92. The van der Waals surface area contributed by atoms with E-state index in [0.29, 0.717) is 44.9 Å². The monoisotopic (exact) mass is 401 g/mol. The molecule has 0 atom stereocenters. The number of hydrogen-bond donors (Lipinski definition) is 1. The number of benzene rings is 2. The lowest BCUT2D eigenvalue weighted by atomic mass is 10.0. The van der Waals surface area contributed by atoms with Gasteiger partial charge in [0.2, 0.25) is 0 Å². The molecular weight excluding hydrogens is 382 g/mol. The predicted octanol–water partition coefficient (Wildman–Crippen LogP) is 4.55. The largest absolute Gasteiger partial charge is 0.465 e. The molecule has 0 bridgehead atoms. The van der Waals surface area contributed by atoms with E-state index in [1.54, 1.807) is 38.1 Å². The molecule has 0 saturated heterocycles. The molecule has 150 valence electrons. The highest BCUT2D eigenvalue weighted by molar-refractivity contribution is 6.13. The topological polar surface area (TPSA) is 94.3 Å². The van der Waals surface area contributed by atoms with Gasteiger partial charge in [-0.1, -0.05) is 41.6 Å². The van der Waals surface area contributed by atoms with Crippen LogP contribution >= 0.6 is 0 Å². The van der Waals surface area contributed by atoms with Gasteiger partial charge in [0.25, 0.3) is 11.6 Å². The zero-order valence-corrected chi connectivity index (χ0v) is 16.7. The molecule has 1 N–H and O–H groups in total. The number of esters is 1. The van der Waals surface area contributed by atoms with Crippen LogP contribution in [0.3, 0.4) is 0 Å². The average molecular weight is 401 g/mol. The van der Waals surface area contributed by atoms with Crippen molar-refractivity contribution in [2.45, 2.75) is 13.8 Å². The second kappa shape index (κ2) is 7.79. The number of methoxy groups -OCH3 is 1. The fraction of sp³-hybridized carbons (Fsp3) is 0.130. The summed E-state index contributed by atoms with van der Waals surface area (Å²) in [7, 11) is 1.32. The van der Waals surface area contributed by atoms with E-state index in [1.807, 2.05) is 30.3 Å². The zero-order chi connectivity index (χ0) is 21.3. The van der Waals surface area contributed by atoms with Crippen molar-refractivity contribution in [2.24, 2.45) is 0 Å². The van der Waals surface area contributed by atoms with Crippen LogP contribution in [0.5, 0.6) is 0 Å². The number of fused-ring (bicyclic) bond motifs is 1. The summed E-state index contributed by atoms with van der Waals surface area (Å²) in [4.78, 5) is 29.7. The summed E-state index contributed by atoms with van der Waals surface area (Å²) in [5.74, 6) is -0.813. The quantitative estimate of drug-likeness (QED) is 0.504. The van der Waals surface area contributed by atoms with Crippen molar-refractivity contribution in [3.05, 3.63) is 77.0 Å². The summed E-state index contributed by atoms with van der Waals surface area (Å²) < 4.78 is 10.1. The van der Waals surface area contributed by atoms with Crippen molar-refractivity contribution < 1.29 is 18.8 Å². The minimum absolute atomic E-state index is 0.291. The van der Waals surface area contributed by atoms with Crippen LogP contribution < -0.4 is 5.32 Å². The predicted molar refractivity (Wildman–Crippen MR) is 112 cm³/mol. The van der Waals surface area contributed by atoms with Crippen molar-refractivity contribution in [3.63, 3.8) is 0 Å². The molecule has 7 nitrogen and oxygen atoms in total. The molecule has 2 heterocycles. The van der Waals surface area contributed by atoms with Crippen LogP contribution in [-0.4, -0.2) is 29.1 Å². The van der Waals surface area contributed by atoms with Gasteiger partial charge in [-0.2, -0.15) is 0 Å². The van der Waals surface area contributed by atoms with Crippen LogP contribution in [0.15, 0.2) is 59.1 Å². The summed E-state index contributed by atoms with van der Waals surface area (Å²) in [5, 5.41) is 7.41.